The predicted molar refractivity (Wildman–Crippen MR) is 355 cm³/mol. The summed E-state index contributed by atoms with van der Waals surface area (Å²) in [6.07, 6.45) is 8.72. The fraction of sp³-hybridized carbons (Fsp3) is 0.0137. The number of phenolic OH excluding ortho intramolecular Hbond substituents is 4. The summed E-state index contributed by atoms with van der Waals surface area (Å²) in [5, 5.41) is 41.2. The minimum Gasteiger partial charge on any atom is -0.508 e. The quantitative estimate of drug-likeness (QED) is 0.0226. The average molecular weight is 1300 g/mol. The number of carbonyl (C=O) groups is 6. The van der Waals surface area contributed by atoms with E-state index in [9.17, 15) is 53.6 Å². The van der Waals surface area contributed by atoms with Crippen molar-refractivity contribution in [1.29, 1.82) is 0 Å². The molecule has 93 heavy (non-hydrogen) atoms. The minimum atomic E-state index is -0.413. The van der Waals surface area contributed by atoms with Crippen LogP contribution in [0.15, 0.2) is 219 Å². The summed E-state index contributed by atoms with van der Waals surface area (Å²) in [7, 11) is 0. The van der Waals surface area contributed by atoms with Crippen molar-refractivity contribution in [3.63, 3.8) is 0 Å². The number of fused-ring (bicyclic) bond motifs is 3. The van der Waals surface area contributed by atoms with Crippen molar-refractivity contribution in [2.75, 3.05) is 0 Å². The second-order valence-electron chi connectivity index (χ2n) is 19.8. The number of hydrogen-bond acceptors (Lipinski definition) is 19. The zero-order chi connectivity index (χ0) is 65.4. The highest BCUT2D eigenvalue weighted by molar-refractivity contribution is 7.22. The first kappa shape index (κ1) is 64.0. The maximum atomic E-state index is 13.5. The van der Waals surface area contributed by atoms with Gasteiger partial charge in [-0.25, -0.2) is 4.39 Å². The van der Waals surface area contributed by atoms with Gasteiger partial charge >= 0.3 is 0 Å². The molecule has 0 spiro atoms. The van der Waals surface area contributed by atoms with Gasteiger partial charge in [-0.05, 0) is 181 Å². The first-order chi connectivity index (χ1) is 45.2. The van der Waals surface area contributed by atoms with Crippen molar-refractivity contribution in [3.05, 3.63) is 278 Å². The molecule has 0 saturated carbocycles. The van der Waals surface area contributed by atoms with Crippen molar-refractivity contribution in [2.24, 2.45) is 0 Å². The Morgan fingerprint density at radius 2 is 0.731 bits per heavy atom. The topological polar surface area (TPSA) is 239 Å². The fourth-order valence-corrected chi connectivity index (χ4v) is 12.5. The van der Waals surface area contributed by atoms with Gasteiger partial charge in [0.1, 0.15) is 60.7 Å². The lowest BCUT2D eigenvalue weighted by molar-refractivity contribution is -0.124. The Kier molecular flexibility index (Phi) is 20.7. The summed E-state index contributed by atoms with van der Waals surface area (Å²) in [6, 6.07) is 54.7. The maximum absolute atomic E-state index is 13.5. The number of aryl methyl sites for hydroxylation is 1. The molecule has 9 aromatic carbocycles. The third kappa shape index (κ3) is 15.9. The van der Waals surface area contributed by atoms with E-state index < -0.39 is 5.82 Å². The molecule has 12 aromatic rings. The van der Waals surface area contributed by atoms with Crippen molar-refractivity contribution >= 4 is 119 Å². The first-order valence-corrected chi connectivity index (χ1v) is 30.2. The summed E-state index contributed by atoms with van der Waals surface area (Å²) >= 11 is 3.71. The van der Waals surface area contributed by atoms with Crippen LogP contribution in [0.4, 0.5) is 4.39 Å². The summed E-state index contributed by atoms with van der Waals surface area (Å²) < 4.78 is 47.6. The normalized spacial score (nSPS) is 11.0. The second-order valence-corrected chi connectivity index (χ2v) is 23.0. The van der Waals surface area contributed by atoms with Crippen LogP contribution < -0.4 is 14.2 Å². The van der Waals surface area contributed by atoms with Crippen LogP contribution >= 0.6 is 34.0 Å². The molecule has 3 heterocycles. The number of benzene rings is 9. The Balaban J connectivity index is 0.000000153. The molecule has 462 valence electrons. The number of carbonyl (C=O) groups excluding carboxylic acids is 6. The Morgan fingerprint density at radius 1 is 0.387 bits per heavy atom. The van der Waals surface area contributed by atoms with E-state index in [0.29, 0.717) is 111 Å². The zero-order valence-electron chi connectivity index (χ0n) is 48.5. The van der Waals surface area contributed by atoms with Crippen molar-refractivity contribution in [2.45, 2.75) is 6.92 Å². The standard InChI is InChI=1S/C25H17FO5S.C24H16O6S.C24H16O5S/c1-15-12-17(26)4-8-20(15)23(29)25-24(21-9-5-18(28)13-22(21)32-25)31-19-6-2-16(3-7-19)10-11-30-14-27;25-14-29-12-11-15-1-8-19(9-2-15)30-23-20-10-7-18(27)13-21(20)31-24(23)22(28)16-3-5-17(26)6-4-16;25-15-28-13-12-16-6-9-19(10-7-16)29-23-20-11-8-18(26)14-21(20)30-24(23)22(27)17-4-2-1-3-5-17/h2-14,28H,1H3;1-14,26-27H;1-15,26H/b11-10+;12-11+;13-12+. The number of ketones is 3. The molecule has 20 heteroatoms. The second kappa shape index (κ2) is 30.0. The van der Waals surface area contributed by atoms with Gasteiger partial charge in [0.15, 0.2) is 17.2 Å². The lowest BCUT2D eigenvalue weighted by atomic mass is 10.0. The number of phenols is 4. The van der Waals surface area contributed by atoms with Crippen LogP contribution in [0.1, 0.15) is 68.0 Å². The molecule has 0 aliphatic heterocycles. The van der Waals surface area contributed by atoms with Gasteiger partial charge in [-0.15, -0.1) is 34.0 Å². The molecule has 16 nitrogen and oxygen atoms in total. The molecule has 12 rings (SSSR count). The predicted octanol–water partition coefficient (Wildman–Crippen LogP) is 17.5. The van der Waals surface area contributed by atoms with Crippen LogP contribution in [-0.4, -0.2) is 57.2 Å². The monoisotopic (exact) mass is 1300 g/mol. The van der Waals surface area contributed by atoms with Gasteiger partial charge in [0.05, 0.1) is 18.8 Å². The molecule has 0 bridgehead atoms. The highest BCUT2D eigenvalue weighted by atomic mass is 32.1. The molecule has 0 aliphatic rings. The molecule has 4 N–H and O–H groups in total. The van der Waals surface area contributed by atoms with Crippen molar-refractivity contribution < 1.29 is 82.0 Å². The zero-order valence-corrected chi connectivity index (χ0v) is 51.0. The SMILES string of the molecule is Cc1cc(F)ccc1C(=O)c1sc2cc(O)ccc2c1Oc1ccc(/C=C/OC=O)cc1.O=CO/C=C/c1ccc(Oc2c(C(=O)c3ccc(O)cc3)sc3cc(O)ccc23)cc1.O=CO/C=C/c1ccc(Oc2c(C(=O)c3ccccc3)sc3cc(O)ccc23)cc1. The summed E-state index contributed by atoms with van der Waals surface area (Å²) in [6.45, 7) is 2.68. The van der Waals surface area contributed by atoms with Crippen LogP contribution in [0.3, 0.4) is 0 Å². The molecular weight excluding hydrogens is 1250 g/mol. The summed E-state index contributed by atoms with van der Waals surface area (Å²) in [4.78, 5) is 71.5. The van der Waals surface area contributed by atoms with E-state index in [1.54, 1.807) is 165 Å². The largest absolute Gasteiger partial charge is 0.508 e. The molecule has 0 atom stereocenters. The lowest BCUT2D eigenvalue weighted by Gasteiger charge is -2.09. The van der Waals surface area contributed by atoms with Gasteiger partial charge in [-0.2, -0.15) is 0 Å². The van der Waals surface area contributed by atoms with Gasteiger partial charge in [0.25, 0.3) is 19.4 Å². The molecule has 0 saturated heterocycles. The maximum Gasteiger partial charge on any atom is 0.297 e. The minimum absolute atomic E-state index is 0.0713. The van der Waals surface area contributed by atoms with Crippen LogP contribution in [0, 0.1) is 12.7 Å². The number of rotatable bonds is 21. The van der Waals surface area contributed by atoms with Gasteiger partial charge in [0.2, 0.25) is 17.3 Å². The summed E-state index contributed by atoms with van der Waals surface area (Å²) in [5.74, 6) is 2.06. The van der Waals surface area contributed by atoms with Gasteiger partial charge in [-0.3, -0.25) is 28.8 Å². The van der Waals surface area contributed by atoms with E-state index in [1.165, 1.54) is 95.3 Å². The molecular formula is C73H49FO16S3. The molecule has 3 aromatic heterocycles. The highest BCUT2D eigenvalue weighted by Crippen LogP contribution is 2.46. The van der Waals surface area contributed by atoms with Crippen LogP contribution in [0.2, 0.25) is 0 Å². The fourth-order valence-electron chi connectivity index (χ4n) is 9.15. The average Bonchev–Trinajstić information content (AvgIpc) is 1.66. The molecule has 0 amide bonds. The number of hydrogen-bond donors (Lipinski definition) is 4. The van der Waals surface area contributed by atoms with E-state index in [1.807, 2.05) is 18.2 Å². The third-order valence-corrected chi connectivity index (χ3v) is 17.0. The Labute approximate surface area is 541 Å². The van der Waals surface area contributed by atoms with E-state index in [2.05, 4.69) is 14.2 Å². The van der Waals surface area contributed by atoms with E-state index >= 15 is 0 Å². The van der Waals surface area contributed by atoms with Gasteiger partial charge < -0.3 is 48.8 Å². The molecule has 0 radical (unpaired) electrons. The Bertz CT molecular complexity index is 4800. The molecule has 0 unspecified atom stereocenters. The highest BCUT2D eigenvalue weighted by Gasteiger charge is 2.26. The summed E-state index contributed by atoms with van der Waals surface area (Å²) in [5.41, 5.74) is 4.29. The van der Waals surface area contributed by atoms with Crippen molar-refractivity contribution in [1.82, 2.24) is 0 Å². The van der Waals surface area contributed by atoms with Gasteiger partial charge in [0, 0.05) is 46.9 Å². The Hall–Kier alpha value is -12.0. The lowest BCUT2D eigenvalue weighted by Crippen LogP contribution is -2.03. The van der Waals surface area contributed by atoms with Crippen LogP contribution in [0.5, 0.6) is 57.5 Å². The first-order valence-electron chi connectivity index (χ1n) is 27.8. The van der Waals surface area contributed by atoms with Crippen LogP contribution in [0.25, 0.3) is 48.5 Å². The van der Waals surface area contributed by atoms with Gasteiger partial charge in [-0.1, -0.05) is 66.7 Å². The number of halogens is 1. The van der Waals surface area contributed by atoms with E-state index in [0.717, 1.165) is 26.8 Å². The third-order valence-electron chi connectivity index (χ3n) is 13.6. The van der Waals surface area contributed by atoms with Crippen LogP contribution in [-0.2, 0) is 28.6 Å². The number of aromatic hydroxyl groups is 4. The smallest absolute Gasteiger partial charge is 0.297 e. The number of ether oxygens (including phenoxy) is 6. The molecule has 0 aliphatic carbocycles. The molecule has 0 fully saturated rings. The Morgan fingerprint density at radius 3 is 1.09 bits per heavy atom. The van der Waals surface area contributed by atoms with E-state index in [4.69, 9.17) is 14.2 Å². The van der Waals surface area contributed by atoms with E-state index in [-0.39, 0.29) is 40.3 Å². The van der Waals surface area contributed by atoms with Crippen molar-refractivity contribution in [3.8, 4) is 57.5 Å². The number of thiophene rings is 3.